The largest absolute Gasteiger partial charge is 0.416 e. The second-order valence-corrected chi connectivity index (χ2v) is 5.46. The van der Waals surface area contributed by atoms with Gasteiger partial charge in [0, 0.05) is 12.6 Å². The Bertz CT molecular complexity index is 653. The molecule has 0 radical (unpaired) electrons. The monoisotopic (exact) mass is 326 g/mol. The van der Waals surface area contributed by atoms with Crippen molar-refractivity contribution in [3.63, 3.8) is 0 Å². The number of benzene rings is 1. The van der Waals surface area contributed by atoms with Crippen molar-refractivity contribution in [3.8, 4) is 0 Å². The number of hydrogen-bond donors (Lipinski definition) is 1. The summed E-state index contributed by atoms with van der Waals surface area (Å²) < 4.78 is 39.1. The van der Waals surface area contributed by atoms with Crippen molar-refractivity contribution in [2.24, 2.45) is 5.73 Å². The van der Waals surface area contributed by atoms with Gasteiger partial charge in [0.25, 0.3) is 0 Å². The summed E-state index contributed by atoms with van der Waals surface area (Å²) in [6.07, 6.45) is -2.25. The first-order chi connectivity index (χ1) is 10.7. The van der Waals surface area contributed by atoms with Crippen LogP contribution < -0.4 is 5.73 Å². The van der Waals surface area contributed by atoms with Crippen LogP contribution in [-0.2, 0) is 15.8 Å². The van der Waals surface area contributed by atoms with Gasteiger partial charge >= 0.3 is 6.18 Å². The summed E-state index contributed by atoms with van der Waals surface area (Å²) >= 11 is 0. The van der Waals surface area contributed by atoms with Crippen molar-refractivity contribution in [1.29, 1.82) is 0 Å². The molecule has 0 bridgehead atoms. The standard InChI is InChI=1S/C16H17F3N2O2/c1-10(11-5-2-3-6-12(11)16(17,18)19)9-14(22)21-8-4-7-13(21)15(20)23/h2-3,5-6,9,13H,4,7-8H2,1H3,(H2,20,23)/b10-9-/t13-/m0/s1. The lowest BCUT2D eigenvalue weighted by Crippen LogP contribution is -2.43. The predicted octanol–water partition coefficient (Wildman–Crippen LogP) is 2.59. The fourth-order valence-electron chi connectivity index (χ4n) is 2.75. The molecular formula is C16H17F3N2O2. The van der Waals surface area contributed by atoms with E-state index in [1.807, 2.05) is 0 Å². The summed E-state index contributed by atoms with van der Waals surface area (Å²) in [5.74, 6) is -1.10. The number of nitrogens with zero attached hydrogens (tertiary/aromatic N) is 1. The lowest BCUT2D eigenvalue weighted by Gasteiger charge is -2.21. The molecule has 1 saturated heterocycles. The quantitative estimate of drug-likeness (QED) is 0.868. The molecule has 1 heterocycles. The number of alkyl halides is 3. The SMILES string of the molecule is C/C(=C/C(=O)N1CCC[C@H]1C(N)=O)c1ccccc1C(F)(F)F. The van der Waals surface area contributed by atoms with Crippen LogP contribution in [0.25, 0.3) is 5.57 Å². The van der Waals surface area contributed by atoms with Crippen LogP contribution >= 0.6 is 0 Å². The van der Waals surface area contributed by atoms with E-state index in [0.717, 1.165) is 12.1 Å². The van der Waals surface area contributed by atoms with Gasteiger partial charge in [0.2, 0.25) is 11.8 Å². The van der Waals surface area contributed by atoms with E-state index >= 15 is 0 Å². The van der Waals surface area contributed by atoms with Gasteiger partial charge in [-0.1, -0.05) is 18.2 Å². The molecule has 1 fully saturated rings. The molecule has 2 rings (SSSR count). The molecule has 0 unspecified atom stereocenters. The number of halogens is 3. The van der Waals surface area contributed by atoms with Gasteiger partial charge in [-0.25, -0.2) is 0 Å². The molecule has 0 aliphatic carbocycles. The number of primary amides is 1. The number of amides is 2. The number of rotatable bonds is 3. The Hall–Kier alpha value is -2.31. The van der Waals surface area contributed by atoms with Crippen LogP contribution in [0.2, 0.25) is 0 Å². The van der Waals surface area contributed by atoms with E-state index in [-0.39, 0.29) is 11.1 Å². The number of likely N-dealkylation sites (tertiary alicyclic amines) is 1. The molecule has 0 saturated carbocycles. The highest BCUT2D eigenvalue weighted by Crippen LogP contribution is 2.34. The summed E-state index contributed by atoms with van der Waals surface area (Å²) in [6, 6.07) is 4.38. The Morgan fingerprint density at radius 3 is 2.57 bits per heavy atom. The van der Waals surface area contributed by atoms with Crippen LogP contribution in [0.1, 0.15) is 30.9 Å². The van der Waals surface area contributed by atoms with Crippen molar-refractivity contribution >= 4 is 17.4 Å². The molecule has 2 N–H and O–H groups in total. The van der Waals surface area contributed by atoms with Gasteiger partial charge in [0.1, 0.15) is 6.04 Å². The minimum Gasteiger partial charge on any atom is -0.368 e. The number of carbonyl (C=O) groups is 2. The highest BCUT2D eigenvalue weighted by Gasteiger charge is 2.34. The first-order valence-corrected chi connectivity index (χ1v) is 7.16. The van der Waals surface area contributed by atoms with Crippen molar-refractivity contribution < 1.29 is 22.8 Å². The van der Waals surface area contributed by atoms with Crippen molar-refractivity contribution in [3.05, 3.63) is 41.5 Å². The maximum Gasteiger partial charge on any atom is 0.416 e. The molecular weight excluding hydrogens is 309 g/mol. The van der Waals surface area contributed by atoms with Gasteiger partial charge < -0.3 is 10.6 Å². The first-order valence-electron chi connectivity index (χ1n) is 7.16. The molecule has 1 aliphatic rings. The molecule has 0 spiro atoms. The van der Waals surface area contributed by atoms with E-state index < -0.39 is 29.6 Å². The Morgan fingerprint density at radius 2 is 1.96 bits per heavy atom. The lowest BCUT2D eigenvalue weighted by atomic mass is 10.00. The van der Waals surface area contributed by atoms with E-state index in [9.17, 15) is 22.8 Å². The zero-order valence-electron chi connectivity index (χ0n) is 12.6. The first kappa shape index (κ1) is 17.1. The summed E-state index contributed by atoms with van der Waals surface area (Å²) in [7, 11) is 0. The summed E-state index contributed by atoms with van der Waals surface area (Å²) in [5, 5.41) is 0. The topological polar surface area (TPSA) is 63.4 Å². The lowest BCUT2D eigenvalue weighted by molar-refractivity contribution is -0.137. The Labute approximate surface area is 131 Å². The van der Waals surface area contributed by atoms with E-state index in [4.69, 9.17) is 5.73 Å². The number of allylic oxidation sites excluding steroid dienone is 1. The van der Waals surface area contributed by atoms with Crippen LogP contribution in [-0.4, -0.2) is 29.3 Å². The molecule has 1 atom stereocenters. The zero-order chi connectivity index (χ0) is 17.2. The van der Waals surface area contributed by atoms with Gasteiger partial charge in [-0.15, -0.1) is 0 Å². The smallest absolute Gasteiger partial charge is 0.368 e. The number of nitrogens with two attached hydrogens (primary N) is 1. The summed E-state index contributed by atoms with van der Waals surface area (Å²) in [6.45, 7) is 1.81. The Balaban J connectivity index is 2.30. The molecule has 124 valence electrons. The zero-order valence-corrected chi connectivity index (χ0v) is 12.6. The van der Waals surface area contributed by atoms with Crippen LogP contribution in [0, 0.1) is 0 Å². The van der Waals surface area contributed by atoms with Gasteiger partial charge in [-0.05, 0) is 37.0 Å². The Kier molecular flexibility index (Phi) is 4.77. The van der Waals surface area contributed by atoms with E-state index in [2.05, 4.69) is 0 Å². The van der Waals surface area contributed by atoms with Crippen LogP contribution in [0.15, 0.2) is 30.3 Å². The minimum atomic E-state index is -4.50. The summed E-state index contributed by atoms with van der Waals surface area (Å²) in [5.41, 5.74) is 4.59. The van der Waals surface area contributed by atoms with E-state index in [1.165, 1.54) is 30.0 Å². The normalized spacial score (nSPS) is 19.0. The Morgan fingerprint density at radius 1 is 1.30 bits per heavy atom. The van der Waals surface area contributed by atoms with Crippen molar-refractivity contribution in [1.82, 2.24) is 4.90 Å². The number of carbonyl (C=O) groups excluding carboxylic acids is 2. The van der Waals surface area contributed by atoms with Gasteiger partial charge in [0.05, 0.1) is 5.56 Å². The van der Waals surface area contributed by atoms with Crippen LogP contribution in [0.4, 0.5) is 13.2 Å². The minimum absolute atomic E-state index is 0.0526. The molecule has 23 heavy (non-hydrogen) atoms. The second kappa shape index (κ2) is 6.44. The van der Waals surface area contributed by atoms with Crippen molar-refractivity contribution in [2.45, 2.75) is 32.0 Å². The van der Waals surface area contributed by atoms with Gasteiger partial charge in [-0.2, -0.15) is 13.2 Å². The maximum atomic E-state index is 13.0. The van der Waals surface area contributed by atoms with Crippen LogP contribution in [0.3, 0.4) is 0 Å². The molecule has 1 aromatic carbocycles. The van der Waals surface area contributed by atoms with Gasteiger partial charge in [-0.3, -0.25) is 9.59 Å². The fraction of sp³-hybridized carbons (Fsp3) is 0.375. The highest BCUT2D eigenvalue weighted by molar-refractivity contribution is 5.98. The molecule has 1 aromatic rings. The van der Waals surface area contributed by atoms with Gasteiger partial charge in [0.15, 0.2) is 0 Å². The number of hydrogen-bond acceptors (Lipinski definition) is 2. The molecule has 1 aliphatic heterocycles. The maximum absolute atomic E-state index is 13.0. The second-order valence-electron chi connectivity index (χ2n) is 5.46. The highest BCUT2D eigenvalue weighted by atomic mass is 19.4. The third kappa shape index (κ3) is 3.72. The molecule has 0 aromatic heterocycles. The average Bonchev–Trinajstić information content (AvgIpc) is 2.96. The third-order valence-electron chi connectivity index (χ3n) is 3.86. The third-order valence-corrected chi connectivity index (χ3v) is 3.86. The predicted molar refractivity (Wildman–Crippen MR) is 79.0 cm³/mol. The fourth-order valence-corrected chi connectivity index (χ4v) is 2.75. The molecule has 7 heteroatoms. The molecule has 2 amide bonds. The summed E-state index contributed by atoms with van der Waals surface area (Å²) in [4.78, 5) is 24.9. The van der Waals surface area contributed by atoms with E-state index in [0.29, 0.717) is 19.4 Å². The van der Waals surface area contributed by atoms with Crippen LogP contribution in [0.5, 0.6) is 0 Å². The average molecular weight is 326 g/mol. The van der Waals surface area contributed by atoms with E-state index in [1.54, 1.807) is 0 Å². The van der Waals surface area contributed by atoms with Crippen molar-refractivity contribution in [2.75, 3.05) is 6.54 Å². The molecule has 4 nitrogen and oxygen atoms in total.